The Labute approximate surface area is 166 Å². The van der Waals surface area contributed by atoms with Gasteiger partial charge in [0.15, 0.2) is 10.3 Å². The van der Waals surface area contributed by atoms with Crippen molar-refractivity contribution in [1.82, 2.24) is 4.31 Å². The first kappa shape index (κ1) is 20.8. The number of rotatable bonds is 7. The molecule has 0 amide bonds. The van der Waals surface area contributed by atoms with E-state index in [1.54, 1.807) is 24.3 Å². The molecule has 0 spiro atoms. The Morgan fingerprint density at radius 1 is 1.45 bits per heavy atom. The van der Waals surface area contributed by atoms with Gasteiger partial charge >= 0.3 is 51.4 Å². The van der Waals surface area contributed by atoms with E-state index in [1.165, 1.54) is 6.92 Å². The molecule has 1 unspecified atom stereocenters. The number of hydrogen-bond acceptors (Lipinski definition) is 5. The van der Waals surface area contributed by atoms with E-state index < -0.39 is 16.4 Å². The van der Waals surface area contributed by atoms with Gasteiger partial charge in [-0.15, -0.1) is 0 Å². The van der Waals surface area contributed by atoms with Crippen molar-refractivity contribution in [2.75, 3.05) is 19.7 Å². The molecule has 108 valence electrons. The van der Waals surface area contributed by atoms with Crippen LogP contribution in [0.2, 0.25) is 5.02 Å². The molecule has 1 aromatic carbocycles. The minimum absolute atomic E-state index is 0. The monoisotopic (exact) mass is 347 g/mol. The summed E-state index contributed by atoms with van der Waals surface area (Å²) in [6, 6.07) is 6.70. The fraction of sp³-hybridized carbons (Fsp3) is 0.455. The van der Waals surface area contributed by atoms with Crippen LogP contribution in [0.4, 0.5) is 0 Å². The molecule has 9 heteroatoms. The number of aliphatic hydroxyl groups excluding tert-OH is 1. The smallest absolute Gasteiger partial charge is 0.735 e. The molecule has 0 heterocycles. The van der Waals surface area contributed by atoms with E-state index in [4.69, 9.17) is 16.3 Å². The van der Waals surface area contributed by atoms with Crippen LogP contribution in [0.3, 0.4) is 0 Å². The molecule has 1 rings (SSSR count). The molecule has 1 atom stereocenters. The number of para-hydroxylation sites is 1. The molecule has 0 fully saturated rings. The molecule has 20 heavy (non-hydrogen) atoms. The van der Waals surface area contributed by atoms with E-state index in [9.17, 15) is 18.1 Å². The van der Waals surface area contributed by atoms with Crippen LogP contribution < -0.4 is 56.1 Å². The zero-order chi connectivity index (χ0) is 14.5. The minimum atomic E-state index is -4.56. The Bertz CT molecular complexity index is 513. The molecular weight excluding hydrogens is 333 g/mol. The van der Waals surface area contributed by atoms with Gasteiger partial charge in [0, 0.05) is 13.1 Å². The summed E-state index contributed by atoms with van der Waals surface area (Å²) in [7, 11) is -4.56. The van der Waals surface area contributed by atoms with E-state index in [-0.39, 0.29) is 71.1 Å². The van der Waals surface area contributed by atoms with E-state index in [2.05, 4.69) is 0 Å². The second kappa shape index (κ2) is 9.72. The summed E-state index contributed by atoms with van der Waals surface area (Å²) in [6.07, 6.45) is -1.11. The molecule has 0 saturated carbocycles. The quantitative estimate of drug-likeness (QED) is 0.449. The van der Waals surface area contributed by atoms with Crippen LogP contribution in [0.5, 0.6) is 5.75 Å². The van der Waals surface area contributed by atoms with Crippen LogP contribution in [0.25, 0.3) is 0 Å². The van der Waals surface area contributed by atoms with Gasteiger partial charge in [0.25, 0.3) is 0 Å². The second-order valence-electron chi connectivity index (χ2n) is 3.80. The summed E-state index contributed by atoms with van der Waals surface area (Å²) in [5.74, 6) is 0.385. The normalized spacial score (nSPS) is 12.8. The average molecular weight is 348 g/mol. The Balaban J connectivity index is 0.00000361. The van der Waals surface area contributed by atoms with Crippen LogP contribution in [0.15, 0.2) is 24.3 Å². The maximum atomic E-state index is 10.8. The van der Waals surface area contributed by atoms with Crippen LogP contribution in [-0.4, -0.2) is 48.2 Å². The number of halogens is 1. The molecular formula is C11H15ClKNO5S. The first-order chi connectivity index (χ1) is 8.84. The molecule has 0 aliphatic heterocycles. The zero-order valence-electron chi connectivity index (χ0n) is 11.3. The standard InChI is InChI=1S/C11H16ClNO5S.K/c1-2-13(19(15,16)17)7-9(14)8-18-11-6-4-3-5-10(11)12;/h3-6,9,14H,2,7-8H2,1H3,(H,15,16,17);/q;+1/p-1. The number of ether oxygens (including phenoxy) is 1. The number of benzene rings is 1. The molecule has 0 bridgehead atoms. The predicted molar refractivity (Wildman–Crippen MR) is 69.9 cm³/mol. The summed E-state index contributed by atoms with van der Waals surface area (Å²) in [6.45, 7) is 1.04. The third-order valence-electron chi connectivity index (χ3n) is 2.35. The molecule has 0 saturated heterocycles. The van der Waals surface area contributed by atoms with Crippen molar-refractivity contribution in [2.45, 2.75) is 13.0 Å². The van der Waals surface area contributed by atoms with Gasteiger partial charge in [0.1, 0.15) is 18.5 Å². The van der Waals surface area contributed by atoms with Crippen LogP contribution in [0.1, 0.15) is 6.92 Å². The van der Waals surface area contributed by atoms with E-state index in [0.717, 1.165) is 0 Å². The van der Waals surface area contributed by atoms with Gasteiger partial charge in [0.2, 0.25) is 0 Å². The Morgan fingerprint density at radius 3 is 2.55 bits per heavy atom. The molecule has 1 aromatic rings. The Morgan fingerprint density at radius 2 is 2.05 bits per heavy atom. The van der Waals surface area contributed by atoms with Gasteiger partial charge in [-0.05, 0) is 12.1 Å². The first-order valence-electron chi connectivity index (χ1n) is 5.61. The summed E-state index contributed by atoms with van der Waals surface area (Å²) < 4.78 is 38.4. The van der Waals surface area contributed by atoms with Gasteiger partial charge in [-0.2, -0.15) is 0 Å². The number of hydrogen-bond donors (Lipinski definition) is 1. The summed E-state index contributed by atoms with van der Waals surface area (Å²) >= 11 is 5.85. The second-order valence-corrected chi connectivity index (χ2v) is 5.58. The van der Waals surface area contributed by atoms with E-state index in [0.29, 0.717) is 15.1 Å². The van der Waals surface area contributed by atoms with Crippen molar-refractivity contribution >= 4 is 21.9 Å². The third-order valence-corrected chi connectivity index (χ3v) is 3.70. The van der Waals surface area contributed by atoms with Gasteiger partial charge in [-0.3, -0.25) is 0 Å². The molecule has 1 N–H and O–H groups in total. The van der Waals surface area contributed by atoms with Crippen LogP contribution in [-0.2, 0) is 10.3 Å². The summed E-state index contributed by atoms with van der Waals surface area (Å²) in [4.78, 5) is 0. The summed E-state index contributed by atoms with van der Waals surface area (Å²) in [5.41, 5.74) is 0. The van der Waals surface area contributed by atoms with Gasteiger partial charge in [-0.1, -0.05) is 30.7 Å². The van der Waals surface area contributed by atoms with Crippen molar-refractivity contribution in [2.24, 2.45) is 0 Å². The fourth-order valence-corrected chi connectivity index (χ4v) is 2.28. The Kier molecular flexibility index (Phi) is 10.1. The Hall–Kier alpha value is 0.776. The molecule has 0 aromatic heterocycles. The minimum Gasteiger partial charge on any atom is -0.735 e. The number of nitrogens with zero attached hydrogens (tertiary/aromatic N) is 1. The maximum absolute atomic E-state index is 10.8. The van der Waals surface area contributed by atoms with Gasteiger partial charge < -0.3 is 14.4 Å². The average Bonchev–Trinajstić information content (AvgIpc) is 2.33. The first-order valence-corrected chi connectivity index (χ1v) is 7.35. The molecule has 0 radical (unpaired) electrons. The maximum Gasteiger partial charge on any atom is 1.00 e. The topological polar surface area (TPSA) is 89.9 Å². The van der Waals surface area contributed by atoms with Crippen molar-refractivity contribution in [1.29, 1.82) is 0 Å². The van der Waals surface area contributed by atoms with Gasteiger partial charge in [0.05, 0.1) is 5.02 Å². The van der Waals surface area contributed by atoms with Crippen LogP contribution >= 0.6 is 11.6 Å². The predicted octanol–water partition coefficient (Wildman–Crippen LogP) is -2.13. The van der Waals surface area contributed by atoms with Crippen molar-refractivity contribution in [3.8, 4) is 5.75 Å². The van der Waals surface area contributed by atoms with Crippen LogP contribution in [0, 0.1) is 0 Å². The fourth-order valence-electron chi connectivity index (χ4n) is 1.41. The zero-order valence-corrected chi connectivity index (χ0v) is 16.0. The largest absolute Gasteiger partial charge is 1.00 e. The SMILES string of the molecule is CCN(CC(O)COc1ccccc1Cl)S(=O)(=O)[O-].[K+]. The van der Waals surface area contributed by atoms with Crippen molar-refractivity contribution < 1.29 is 74.2 Å². The van der Waals surface area contributed by atoms with E-state index in [1.807, 2.05) is 0 Å². The number of likely N-dealkylation sites (N-methyl/N-ethyl adjacent to an activating group) is 1. The molecule has 0 aliphatic carbocycles. The van der Waals surface area contributed by atoms with Crippen molar-refractivity contribution in [3.63, 3.8) is 0 Å². The molecule has 6 nitrogen and oxygen atoms in total. The number of aliphatic hydroxyl groups is 1. The van der Waals surface area contributed by atoms with Gasteiger partial charge in [-0.25, -0.2) is 12.7 Å². The third kappa shape index (κ3) is 7.17. The summed E-state index contributed by atoms with van der Waals surface area (Å²) in [5, 5.41) is 10.0. The van der Waals surface area contributed by atoms with E-state index >= 15 is 0 Å². The van der Waals surface area contributed by atoms with Crippen molar-refractivity contribution in [3.05, 3.63) is 29.3 Å². The molecule has 0 aliphatic rings.